The second kappa shape index (κ2) is 9.74. The number of carbonyl (C=O) groups excluding carboxylic acids is 3. The number of carbonyl (C=O) groups is 3. The fourth-order valence-corrected chi connectivity index (χ4v) is 3.80. The molecule has 2 aromatic rings. The summed E-state index contributed by atoms with van der Waals surface area (Å²) < 4.78 is 0. The van der Waals surface area contributed by atoms with Gasteiger partial charge >= 0.3 is 0 Å². The van der Waals surface area contributed by atoms with E-state index in [1.807, 2.05) is 42.5 Å². The van der Waals surface area contributed by atoms with E-state index >= 15 is 0 Å². The largest absolute Gasteiger partial charge is 0.353 e. The molecule has 0 spiro atoms. The molecule has 1 aliphatic rings. The number of hydrogen-bond donors (Lipinski definition) is 2. The van der Waals surface area contributed by atoms with Gasteiger partial charge in [0.2, 0.25) is 17.7 Å². The van der Waals surface area contributed by atoms with E-state index in [2.05, 4.69) is 10.6 Å². The Kier molecular flexibility index (Phi) is 7.09. The highest BCUT2D eigenvalue weighted by molar-refractivity contribution is 6.27. The minimum Gasteiger partial charge on any atom is -0.353 e. The molecule has 1 saturated heterocycles. The molecule has 0 aromatic heterocycles. The normalized spacial score (nSPS) is 17.6. The van der Waals surface area contributed by atoms with Crippen molar-refractivity contribution in [2.75, 3.05) is 25.5 Å². The summed E-state index contributed by atoms with van der Waals surface area (Å²) in [4.78, 5) is 38.0. The number of likely N-dealkylation sites (tertiary alicyclic amines) is 1. The SMILES string of the molecule is CC(=O)N1CCCC(C(=O)NC(CNC(=O)CCl)c2ccc3ccccc3c2)C1. The van der Waals surface area contributed by atoms with Crippen LogP contribution in [-0.4, -0.2) is 48.1 Å². The fraction of sp³-hybridized carbons (Fsp3) is 0.409. The van der Waals surface area contributed by atoms with Gasteiger partial charge in [0, 0.05) is 26.6 Å². The Bertz CT molecular complexity index is 902. The Morgan fingerprint density at radius 1 is 1.17 bits per heavy atom. The highest BCUT2D eigenvalue weighted by Gasteiger charge is 2.28. The van der Waals surface area contributed by atoms with Gasteiger partial charge in [-0.2, -0.15) is 0 Å². The minimum atomic E-state index is -0.382. The Morgan fingerprint density at radius 3 is 2.66 bits per heavy atom. The van der Waals surface area contributed by atoms with Gasteiger partial charge in [-0.15, -0.1) is 11.6 Å². The van der Waals surface area contributed by atoms with Gasteiger partial charge in [-0.25, -0.2) is 0 Å². The number of piperidine rings is 1. The number of benzene rings is 2. The first-order valence-electron chi connectivity index (χ1n) is 9.85. The average Bonchev–Trinajstić information content (AvgIpc) is 2.75. The molecule has 3 rings (SSSR count). The summed E-state index contributed by atoms with van der Waals surface area (Å²) in [6, 6.07) is 13.6. The maximum atomic E-state index is 12.9. The molecular formula is C22H26ClN3O3. The molecule has 0 aliphatic carbocycles. The van der Waals surface area contributed by atoms with Crippen LogP contribution in [0.15, 0.2) is 42.5 Å². The number of rotatable bonds is 6. The van der Waals surface area contributed by atoms with Crippen LogP contribution in [0.2, 0.25) is 0 Å². The van der Waals surface area contributed by atoms with Crippen molar-refractivity contribution in [1.29, 1.82) is 0 Å². The lowest BCUT2D eigenvalue weighted by Crippen LogP contribution is -2.47. The van der Waals surface area contributed by atoms with Gasteiger partial charge in [0.25, 0.3) is 0 Å². The van der Waals surface area contributed by atoms with E-state index < -0.39 is 0 Å². The van der Waals surface area contributed by atoms with Crippen molar-refractivity contribution in [2.24, 2.45) is 5.92 Å². The van der Waals surface area contributed by atoms with Crippen LogP contribution < -0.4 is 10.6 Å². The third-order valence-corrected chi connectivity index (χ3v) is 5.60. The van der Waals surface area contributed by atoms with E-state index in [4.69, 9.17) is 11.6 Å². The smallest absolute Gasteiger partial charge is 0.235 e. The summed E-state index contributed by atoms with van der Waals surface area (Å²) in [5.74, 6) is -0.780. The molecule has 2 aromatic carbocycles. The number of nitrogens with one attached hydrogen (secondary N) is 2. The molecule has 0 saturated carbocycles. The fourth-order valence-electron chi connectivity index (χ4n) is 3.71. The number of amides is 3. The summed E-state index contributed by atoms with van der Waals surface area (Å²) in [6.07, 6.45) is 1.55. The molecule has 29 heavy (non-hydrogen) atoms. The third-order valence-electron chi connectivity index (χ3n) is 5.35. The highest BCUT2D eigenvalue weighted by atomic mass is 35.5. The Labute approximate surface area is 175 Å². The number of halogens is 1. The van der Waals surface area contributed by atoms with Crippen LogP contribution in [0.4, 0.5) is 0 Å². The lowest BCUT2D eigenvalue weighted by atomic mass is 9.95. The van der Waals surface area contributed by atoms with Gasteiger partial charge in [0.1, 0.15) is 5.88 Å². The van der Waals surface area contributed by atoms with Gasteiger partial charge in [0.15, 0.2) is 0 Å². The van der Waals surface area contributed by atoms with Crippen LogP contribution >= 0.6 is 11.6 Å². The molecule has 2 N–H and O–H groups in total. The maximum absolute atomic E-state index is 12.9. The topological polar surface area (TPSA) is 78.5 Å². The molecule has 2 unspecified atom stereocenters. The number of fused-ring (bicyclic) bond motifs is 1. The van der Waals surface area contributed by atoms with E-state index in [0.29, 0.717) is 13.1 Å². The van der Waals surface area contributed by atoms with Crippen LogP contribution in [0, 0.1) is 5.92 Å². The van der Waals surface area contributed by atoms with E-state index in [-0.39, 0.29) is 42.1 Å². The third kappa shape index (κ3) is 5.48. The number of alkyl halides is 1. The summed E-state index contributed by atoms with van der Waals surface area (Å²) in [5, 5.41) is 8.01. The van der Waals surface area contributed by atoms with Gasteiger partial charge in [-0.05, 0) is 35.2 Å². The summed E-state index contributed by atoms with van der Waals surface area (Å²) in [6.45, 7) is 2.90. The highest BCUT2D eigenvalue weighted by Crippen LogP contribution is 2.22. The van der Waals surface area contributed by atoms with Crippen molar-refractivity contribution >= 4 is 40.1 Å². The summed E-state index contributed by atoms with van der Waals surface area (Å²) in [5.41, 5.74) is 0.908. The number of nitrogens with zero attached hydrogens (tertiary/aromatic N) is 1. The lowest BCUT2D eigenvalue weighted by molar-refractivity contribution is -0.134. The molecule has 2 atom stereocenters. The zero-order valence-electron chi connectivity index (χ0n) is 16.5. The molecule has 3 amide bonds. The zero-order valence-corrected chi connectivity index (χ0v) is 17.2. The molecule has 6 nitrogen and oxygen atoms in total. The van der Waals surface area contributed by atoms with Gasteiger partial charge in [0.05, 0.1) is 12.0 Å². The van der Waals surface area contributed by atoms with Crippen LogP contribution in [-0.2, 0) is 14.4 Å². The van der Waals surface area contributed by atoms with Crippen LogP contribution in [0.25, 0.3) is 10.8 Å². The quantitative estimate of drug-likeness (QED) is 0.712. The Morgan fingerprint density at radius 2 is 1.93 bits per heavy atom. The summed E-state index contributed by atoms with van der Waals surface area (Å²) >= 11 is 5.60. The zero-order chi connectivity index (χ0) is 20.8. The predicted molar refractivity (Wildman–Crippen MR) is 114 cm³/mol. The van der Waals surface area contributed by atoms with Crippen molar-refractivity contribution in [2.45, 2.75) is 25.8 Å². The van der Waals surface area contributed by atoms with Crippen LogP contribution in [0.3, 0.4) is 0 Å². The first-order valence-corrected chi connectivity index (χ1v) is 10.4. The summed E-state index contributed by atoms with van der Waals surface area (Å²) in [7, 11) is 0. The van der Waals surface area contributed by atoms with E-state index in [0.717, 1.165) is 29.2 Å². The van der Waals surface area contributed by atoms with E-state index in [9.17, 15) is 14.4 Å². The molecule has 0 radical (unpaired) electrons. The molecule has 1 fully saturated rings. The van der Waals surface area contributed by atoms with Crippen LogP contribution in [0.5, 0.6) is 0 Å². The molecular weight excluding hydrogens is 390 g/mol. The second-order valence-electron chi connectivity index (χ2n) is 7.41. The van der Waals surface area contributed by atoms with Crippen LogP contribution in [0.1, 0.15) is 31.4 Å². The first-order chi connectivity index (χ1) is 14.0. The number of hydrogen-bond acceptors (Lipinski definition) is 3. The van der Waals surface area contributed by atoms with Crippen molar-refractivity contribution in [3.63, 3.8) is 0 Å². The minimum absolute atomic E-state index is 0.0112. The maximum Gasteiger partial charge on any atom is 0.235 e. The van der Waals surface area contributed by atoms with Crippen molar-refractivity contribution in [1.82, 2.24) is 15.5 Å². The monoisotopic (exact) mass is 415 g/mol. The van der Waals surface area contributed by atoms with E-state index in [1.165, 1.54) is 6.92 Å². The average molecular weight is 416 g/mol. The molecule has 1 aliphatic heterocycles. The van der Waals surface area contributed by atoms with Crippen molar-refractivity contribution in [3.8, 4) is 0 Å². The van der Waals surface area contributed by atoms with Gasteiger partial charge < -0.3 is 15.5 Å². The van der Waals surface area contributed by atoms with Gasteiger partial charge in [-0.3, -0.25) is 14.4 Å². The predicted octanol–water partition coefficient (Wildman–Crippen LogP) is 2.61. The van der Waals surface area contributed by atoms with Crippen molar-refractivity contribution < 1.29 is 14.4 Å². The lowest BCUT2D eigenvalue weighted by Gasteiger charge is -2.32. The van der Waals surface area contributed by atoms with E-state index in [1.54, 1.807) is 4.90 Å². The Balaban J connectivity index is 1.77. The molecule has 154 valence electrons. The van der Waals surface area contributed by atoms with Crippen molar-refractivity contribution in [3.05, 3.63) is 48.0 Å². The first kappa shape index (κ1) is 21.1. The van der Waals surface area contributed by atoms with Gasteiger partial charge in [-0.1, -0.05) is 36.4 Å². The second-order valence-corrected chi connectivity index (χ2v) is 7.68. The molecule has 7 heteroatoms. The molecule has 0 bridgehead atoms. The Hall–Kier alpha value is -2.60. The molecule has 1 heterocycles. The standard InChI is InChI=1S/C22H26ClN3O3/c1-15(27)26-10-4-7-19(14-26)22(29)25-20(13-24-21(28)12-23)18-9-8-16-5-2-3-6-17(16)11-18/h2-3,5-6,8-9,11,19-20H,4,7,10,12-14H2,1H3,(H,24,28)(H,25,29).